The molecule has 0 unspecified atom stereocenters. The van der Waals surface area contributed by atoms with Gasteiger partial charge in [0.05, 0.1) is 22.2 Å². The maximum Gasteiger partial charge on any atom is 0.238 e. The normalized spacial score (nSPS) is 11.3. The Hall–Kier alpha value is -1.41. The maximum atomic E-state index is 11.8. The number of carbonyl (C=O) groups is 1. The SMILES string of the molecule is NS(=O)(=O)c1ccc(CC(=O)NCc2ccc(Cl)s2)cc1. The number of nitrogens with two attached hydrogens (primary N) is 1. The van der Waals surface area contributed by atoms with E-state index in [1.807, 2.05) is 6.07 Å². The van der Waals surface area contributed by atoms with E-state index in [0.29, 0.717) is 16.4 Å². The van der Waals surface area contributed by atoms with Crippen molar-refractivity contribution in [2.75, 3.05) is 0 Å². The number of hydrogen-bond donors (Lipinski definition) is 2. The average molecular weight is 345 g/mol. The van der Waals surface area contributed by atoms with Crippen LogP contribution in [0, 0.1) is 0 Å². The number of amides is 1. The van der Waals surface area contributed by atoms with Gasteiger partial charge in [0.2, 0.25) is 15.9 Å². The summed E-state index contributed by atoms with van der Waals surface area (Å²) in [5.41, 5.74) is 0.712. The van der Waals surface area contributed by atoms with Crippen LogP contribution in [0.15, 0.2) is 41.3 Å². The second kappa shape index (κ2) is 6.57. The third-order valence-corrected chi connectivity index (χ3v) is 4.87. The minimum absolute atomic E-state index is 0.0277. The molecule has 3 N–H and O–H groups in total. The molecule has 5 nitrogen and oxygen atoms in total. The van der Waals surface area contributed by atoms with E-state index >= 15 is 0 Å². The van der Waals surface area contributed by atoms with Crippen LogP contribution in [0.4, 0.5) is 0 Å². The first-order chi connectivity index (χ1) is 9.84. The highest BCUT2D eigenvalue weighted by molar-refractivity contribution is 7.89. The summed E-state index contributed by atoms with van der Waals surface area (Å²) in [5.74, 6) is -0.150. The zero-order valence-corrected chi connectivity index (χ0v) is 13.3. The van der Waals surface area contributed by atoms with Crippen molar-refractivity contribution in [2.24, 2.45) is 5.14 Å². The van der Waals surface area contributed by atoms with Crippen LogP contribution in [0.25, 0.3) is 0 Å². The predicted octanol–water partition coefficient (Wildman–Crippen LogP) is 1.91. The van der Waals surface area contributed by atoms with E-state index in [1.54, 1.807) is 18.2 Å². The first kappa shape index (κ1) is 16.0. The number of primary sulfonamides is 1. The molecule has 0 atom stereocenters. The lowest BCUT2D eigenvalue weighted by molar-refractivity contribution is -0.120. The molecule has 0 aliphatic carbocycles. The summed E-state index contributed by atoms with van der Waals surface area (Å²) in [5, 5.41) is 7.78. The summed E-state index contributed by atoms with van der Waals surface area (Å²) in [6.45, 7) is 0.422. The Morgan fingerprint density at radius 3 is 2.38 bits per heavy atom. The fourth-order valence-electron chi connectivity index (χ4n) is 1.68. The predicted molar refractivity (Wildman–Crippen MR) is 82.7 cm³/mol. The minimum atomic E-state index is -3.70. The van der Waals surface area contributed by atoms with Crippen LogP contribution in [-0.4, -0.2) is 14.3 Å². The monoisotopic (exact) mass is 344 g/mol. The zero-order valence-electron chi connectivity index (χ0n) is 10.9. The largest absolute Gasteiger partial charge is 0.351 e. The van der Waals surface area contributed by atoms with Crippen molar-refractivity contribution in [1.29, 1.82) is 0 Å². The smallest absolute Gasteiger partial charge is 0.238 e. The lowest BCUT2D eigenvalue weighted by atomic mass is 10.1. The molecule has 8 heteroatoms. The number of rotatable bonds is 5. The van der Waals surface area contributed by atoms with E-state index in [9.17, 15) is 13.2 Å². The fourth-order valence-corrected chi connectivity index (χ4v) is 3.22. The highest BCUT2D eigenvalue weighted by atomic mass is 35.5. The number of sulfonamides is 1. The van der Waals surface area contributed by atoms with Crippen LogP contribution in [0.5, 0.6) is 0 Å². The van der Waals surface area contributed by atoms with Gasteiger partial charge in [-0.1, -0.05) is 23.7 Å². The molecule has 1 aromatic heterocycles. The summed E-state index contributed by atoms with van der Waals surface area (Å²) >= 11 is 7.21. The van der Waals surface area contributed by atoms with Gasteiger partial charge in [0, 0.05) is 4.88 Å². The van der Waals surface area contributed by atoms with Gasteiger partial charge in [-0.25, -0.2) is 13.6 Å². The van der Waals surface area contributed by atoms with E-state index < -0.39 is 10.0 Å². The summed E-state index contributed by atoms with van der Waals surface area (Å²) < 4.78 is 22.9. The van der Waals surface area contributed by atoms with Gasteiger partial charge in [0.25, 0.3) is 0 Å². The second-order valence-electron chi connectivity index (χ2n) is 4.35. The van der Waals surface area contributed by atoms with E-state index in [4.69, 9.17) is 16.7 Å². The number of benzene rings is 1. The van der Waals surface area contributed by atoms with Gasteiger partial charge in [-0.15, -0.1) is 11.3 Å². The number of nitrogens with one attached hydrogen (secondary N) is 1. The van der Waals surface area contributed by atoms with Crippen LogP contribution >= 0.6 is 22.9 Å². The van der Waals surface area contributed by atoms with Crippen molar-refractivity contribution in [2.45, 2.75) is 17.9 Å². The van der Waals surface area contributed by atoms with Crippen molar-refractivity contribution >= 4 is 38.9 Å². The summed E-state index contributed by atoms with van der Waals surface area (Å²) in [7, 11) is -3.70. The Bertz CT molecular complexity index is 739. The van der Waals surface area contributed by atoms with Gasteiger partial charge in [-0.3, -0.25) is 4.79 Å². The van der Waals surface area contributed by atoms with Gasteiger partial charge in [-0.05, 0) is 29.8 Å². The third-order valence-electron chi connectivity index (χ3n) is 2.71. The number of thiophene rings is 1. The van der Waals surface area contributed by atoms with Gasteiger partial charge < -0.3 is 5.32 Å². The Labute approximate surface area is 131 Å². The maximum absolute atomic E-state index is 11.8. The Morgan fingerprint density at radius 2 is 1.86 bits per heavy atom. The van der Waals surface area contributed by atoms with Crippen molar-refractivity contribution < 1.29 is 13.2 Å². The molecule has 1 amide bonds. The van der Waals surface area contributed by atoms with E-state index in [2.05, 4.69) is 5.32 Å². The van der Waals surface area contributed by atoms with Crippen molar-refractivity contribution in [3.63, 3.8) is 0 Å². The van der Waals surface area contributed by atoms with E-state index in [-0.39, 0.29) is 17.2 Å². The molecule has 0 spiro atoms. The van der Waals surface area contributed by atoms with Gasteiger partial charge >= 0.3 is 0 Å². The van der Waals surface area contributed by atoms with Gasteiger partial charge in [0.1, 0.15) is 0 Å². The number of halogens is 1. The molecule has 2 rings (SSSR count). The molecule has 0 saturated heterocycles. The molecule has 0 radical (unpaired) electrons. The molecular formula is C13H13ClN2O3S2. The number of carbonyl (C=O) groups excluding carboxylic acids is 1. The zero-order chi connectivity index (χ0) is 15.5. The first-order valence-corrected chi connectivity index (χ1v) is 8.71. The average Bonchev–Trinajstić information content (AvgIpc) is 2.82. The Balaban J connectivity index is 1.90. The van der Waals surface area contributed by atoms with E-state index in [1.165, 1.54) is 23.5 Å². The Kier molecular flexibility index (Phi) is 5.00. The van der Waals surface area contributed by atoms with Crippen molar-refractivity contribution in [3.8, 4) is 0 Å². The molecule has 21 heavy (non-hydrogen) atoms. The molecule has 112 valence electrons. The van der Waals surface area contributed by atoms with Gasteiger partial charge in [0.15, 0.2) is 0 Å². The lowest BCUT2D eigenvalue weighted by Crippen LogP contribution is -2.24. The third kappa shape index (κ3) is 4.82. The van der Waals surface area contributed by atoms with Gasteiger partial charge in [-0.2, -0.15) is 0 Å². The summed E-state index contributed by atoms with van der Waals surface area (Å²) in [6.07, 6.45) is 0.171. The standard InChI is InChI=1S/C13H13ClN2O3S2/c14-12-6-3-10(20-12)8-16-13(17)7-9-1-4-11(5-2-9)21(15,18)19/h1-6H,7-8H2,(H,16,17)(H2,15,18,19). The quantitative estimate of drug-likeness (QED) is 0.868. The van der Waals surface area contributed by atoms with Crippen LogP contribution in [0.2, 0.25) is 4.34 Å². The molecule has 0 saturated carbocycles. The van der Waals surface area contributed by atoms with Crippen LogP contribution in [-0.2, 0) is 27.8 Å². The molecule has 1 aromatic carbocycles. The number of hydrogen-bond acceptors (Lipinski definition) is 4. The van der Waals surface area contributed by atoms with Crippen LogP contribution < -0.4 is 10.5 Å². The Morgan fingerprint density at radius 1 is 1.19 bits per heavy atom. The lowest BCUT2D eigenvalue weighted by Gasteiger charge is -2.05. The minimum Gasteiger partial charge on any atom is -0.351 e. The molecular weight excluding hydrogens is 332 g/mol. The molecule has 1 heterocycles. The molecule has 0 bridgehead atoms. The highest BCUT2D eigenvalue weighted by Gasteiger charge is 2.09. The van der Waals surface area contributed by atoms with E-state index in [0.717, 1.165) is 4.88 Å². The van der Waals surface area contributed by atoms with Crippen molar-refractivity contribution in [3.05, 3.63) is 51.2 Å². The van der Waals surface area contributed by atoms with Crippen molar-refractivity contribution in [1.82, 2.24) is 5.32 Å². The topological polar surface area (TPSA) is 89.3 Å². The first-order valence-electron chi connectivity index (χ1n) is 5.97. The summed E-state index contributed by atoms with van der Waals surface area (Å²) in [4.78, 5) is 12.8. The molecule has 0 aliphatic rings. The second-order valence-corrected chi connectivity index (χ2v) is 7.71. The molecule has 0 aliphatic heterocycles. The molecule has 0 fully saturated rings. The fraction of sp³-hybridized carbons (Fsp3) is 0.154. The summed E-state index contributed by atoms with van der Waals surface area (Å²) in [6, 6.07) is 9.55. The van der Waals surface area contributed by atoms with Crippen LogP contribution in [0.1, 0.15) is 10.4 Å². The van der Waals surface area contributed by atoms with Crippen LogP contribution in [0.3, 0.4) is 0 Å². The molecule has 2 aromatic rings. The highest BCUT2D eigenvalue weighted by Crippen LogP contribution is 2.21.